The number of ether oxygens (including phenoxy) is 7. The Labute approximate surface area is 256 Å². The highest BCUT2D eigenvalue weighted by molar-refractivity contribution is 4.92. The maximum absolute atomic E-state index is 10.1. The van der Waals surface area contributed by atoms with Crippen molar-refractivity contribution in [1.29, 1.82) is 0 Å². The van der Waals surface area contributed by atoms with E-state index in [2.05, 4.69) is 48.1 Å². The van der Waals surface area contributed by atoms with Gasteiger partial charge < -0.3 is 48.5 Å². The molecule has 0 aromatic carbocycles. The number of rotatable bonds is 29. The first kappa shape index (κ1) is 41.3. The van der Waals surface area contributed by atoms with E-state index in [9.17, 15) is 10.2 Å². The molecule has 0 aliphatic rings. The largest absolute Gasteiger partial charge is 0.394 e. The van der Waals surface area contributed by atoms with Gasteiger partial charge in [-0.15, -0.1) is 6.58 Å². The minimum atomic E-state index is -0.810. The fourth-order valence-corrected chi connectivity index (χ4v) is 3.99. The Bertz CT molecular complexity index is 674. The summed E-state index contributed by atoms with van der Waals surface area (Å²) >= 11 is 0. The molecule has 10 heteroatoms. The van der Waals surface area contributed by atoms with Gasteiger partial charge in [0.1, 0.15) is 12.2 Å². The number of aliphatic hydroxyl groups excluding tert-OH is 3. The maximum atomic E-state index is 10.1. The molecule has 42 heavy (non-hydrogen) atoms. The highest BCUT2D eigenvalue weighted by atomic mass is 16.5. The van der Waals surface area contributed by atoms with Crippen LogP contribution in [-0.2, 0) is 33.2 Å². The summed E-state index contributed by atoms with van der Waals surface area (Å²) in [5, 5.41) is 28.5. The quantitative estimate of drug-likeness (QED) is 0.0850. The standard InChI is InChI=1S/C32H64O10/c1-10-16-36-20-21-40-31(8,11-2)14-18-41-32(9,12-3)29(4,5)26-42-30(6,7)13-17-37-22-27(34)24-39-25-28(35)23-38-19-15-33/h10,27-28,33-35H,1,11-26H2,2-9H3. The van der Waals surface area contributed by atoms with E-state index < -0.39 is 17.8 Å². The third-order valence-corrected chi connectivity index (χ3v) is 7.97. The van der Waals surface area contributed by atoms with Gasteiger partial charge in [0.2, 0.25) is 0 Å². The van der Waals surface area contributed by atoms with E-state index in [1.54, 1.807) is 6.08 Å². The molecule has 0 radical (unpaired) electrons. The predicted molar refractivity (Wildman–Crippen MR) is 165 cm³/mol. The second-order valence-corrected chi connectivity index (χ2v) is 12.6. The first-order valence-electron chi connectivity index (χ1n) is 15.5. The summed E-state index contributed by atoms with van der Waals surface area (Å²) in [6, 6.07) is 0. The topological polar surface area (TPSA) is 125 Å². The minimum absolute atomic E-state index is 0.0388. The summed E-state index contributed by atoms with van der Waals surface area (Å²) < 4.78 is 40.5. The van der Waals surface area contributed by atoms with Crippen molar-refractivity contribution < 1.29 is 48.5 Å². The molecule has 0 aliphatic carbocycles. The van der Waals surface area contributed by atoms with E-state index >= 15 is 0 Å². The van der Waals surface area contributed by atoms with E-state index in [0.717, 1.165) is 19.3 Å². The van der Waals surface area contributed by atoms with Crippen LogP contribution in [0.25, 0.3) is 0 Å². The SMILES string of the molecule is C=CCOCCOC(C)(CC)CCOC(C)(CC)C(C)(C)COC(C)(C)CCOCC(O)COCC(O)COCCO. The highest BCUT2D eigenvalue weighted by Crippen LogP contribution is 2.39. The van der Waals surface area contributed by atoms with Gasteiger partial charge in [0.05, 0.1) is 89.5 Å². The summed E-state index contributed by atoms with van der Waals surface area (Å²) in [5.74, 6) is 0. The Hall–Kier alpha value is -0.660. The van der Waals surface area contributed by atoms with E-state index in [1.807, 2.05) is 13.8 Å². The van der Waals surface area contributed by atoms with Crippen LogP contribution in [0.5, 0.6) is 0 Å². The fraction of sp³-hybridized carbons (Fsp3) is 0.938. The highest BCUT2D eigenvalue weighted by Gasteiger charge is 2.42. The monoisotopic (exact) mass is 608 g/mol. The lowest BCUT2D eigenvalue weighted by Crippen LogP contribution is -2.49. The molecule has 4 unspecified atom stereocenters. The van der Waals surface area contributed by atoms with Gasteiger partial charge in [-0.05, 0) is 53.4 Å². The second-order valence-electron chi connectivity index (χ2n) is 12.6. The molecule has 0 aromatic heterocycles. The van der Waals surface area contributed by atoms with E-state index in [4.69, 9.17) is 38.3 Å². The van der Waals surface area contributed by atoms with Crippen LogP contribution >= 0.6 is 0 Å². The smallest absolute Gasteiger partial charge is 0.101 e. The van der Waals surface area contributed by atoms with Crippen molar-refractivity contribution in [1.82, 2.24) is 0 Å². The number of aliphatic hydroxyl groups is 3. The summed E-state index contributed by atoms with van der Waals surface area (Å²) in [4.78, 5) is 0. The summed E-state index contributed by atoms with van der Waals surface area (Å²) in [6.45, 7) is 24.2. The van der Waals surface area contributed by atoms with Crippen molar-refractivity contribution >= 4 is 0 Å². The molecular formula is C32H64O10. The lowest BCUT2D eigenvalue weighted by molar-refractivity contribution is -0.170. The van der Waals surface area contributed by atoms with Gasteiger partial charge in [0, 0.05) is 12.0 Å². The van der Waals surface area contributed by atoms with Crippen molar-refractivity contribution in [2.45, 2.75) is 110 Å². The van der Waals surface area contributed by atoms with Crippen molar-refractivity contribution in [2.24, 2.45) is 5.41 Å². The molecule has 0 aromatic rings. The van der Waals surface area contributed by atoms with Crippen molar-refractivity contribution in [3.63, 3.8) is 0 Å². The van der Waals surface area contributed by atoms with E-state index in [-0.39, 0.29) is 56.3 Å². The third-order valence-electron chi connectivity index (χ3n) is 7.97. The summed E-state index contributed by atoms with van der Waals surface area (Å²) in [6.07, 6.45) is 3.30. The molecule has 0 spiro atoms. The molecule has 0 bridgehead atoms. The van der Waals surface area contributed by atoms with Crippen LogP contribution in [0.3, 0.4) is 0 Å². The summed E-state index contributed by atoms with van der Waals surface area (Å²) in [7, 11) is 0. The van der Waals surface area contributed by atoms with Crippen molar-refractivity contribution in [3.05, 3.63) is 12.7 Å². The zero-order valence-corrected chi connectivity index (χ0v) is 28.0. The molecule has 0 amide bonds. The van der Waals surface area contributed by atoms with Gasteiger partial charge in [-0.2, -0.15) is 0 Å². The first-order chi connectivity index (χ1) is 19.7. The average Bonchev–Trinajstić information content (AvgIpc) is 2.94. The molecule has 0 saturated heterocycles. The Morgan fingerprint density at radius 1 is 0.667 bits per heavy atom. The average molecular weight is 609 g/mol. The van der Waals surface area contributed by atoms with Crippen LogP contribution in [0.1, 0.15) is 81.1 Å². The van der Waals surface area contributed by atoms with Gasteiger partial charge in [-0.25, -0.2) is 0 Å². The van der Waals surface area contributed by atoms with Crippen LogP contribution in [0.15, 0.2) is 12.7 Å². The lowest BCUT2D eigenvalue weighted by Gasteiger charge is -2.45. The van der Waals surface area contributed by atoms with Crippen LogP contribution in [0.4, 0.5) is 0 Å². The van der Waals surface area contributed by atoms with Gasteiger partial charge in [0.25, 0.3) is 0 Å². The fourth-order valence-electron chi connectivity index (χ4n) is 3.99. The molecule has 0 saturated carbocycles. The lowest BCUT2D eigenvalue weighted by atomic mass is 9.74. The van der Waals surface area contributed by atoms with Crippen molar-refractivity contribution in [2.75, 3.05) is 79.3 Å². The molecule has 10 nitrogen and oxygen atoms in total. The molecular weight excluding hydrogens is 544 g/mol. The van der Waals surface area contributed by atoms with E-state index in [1.165, 1.54) is 0 Å². The molecule has 3 N–H and O–H groups in total. The normalized spacial score (nSPS) is 17.0. The van der Waals surface area contributed by atoms with Crippen molar-refractivity contribution in [3.8, 4) is 0 Å². The minimum Gasteiger partial charge on any atom is -0.394 e. The Morgan fingerprint density at radius 3 is 1.81 bits per heavy atom. The number of hydrogen-bond donors (Lipinski definition) is 3. The second kappa shape index (κ2) is 21.9. The van der Waals surface area contributed by atoms with Gasteiger partial charge in [-0.3, -0.25) is 0 Å². The van der Waals surface area contributed by atoms with Crippen LogP contribution in [-0.4, -0.2) is 124 Å². The maximum Gasteiger partial charge on any atom is 0.101 e. The first-order valence-corrected chi connectivity index (χ1v) is 15.5. The van der Waals surface area contributed by atoms with Gasteiger partial charge >= 0.3 is 0 Å². The van der Waals surface area contributed by atoms with E-state index in [0.29, 0.717) is 46.1 Å². The van der Waals surface area contributed by atoms with Gasteiger partial charge in [0.15, 0.2) is 0 Å². The van der Waals surface area contributed by atoms with Crippen LogP contribution < -0.4 is 0 Å². The third kappa shape index (κ3) is 18.2. The van der Waals surface area contributed by atoms with Crippen LogP contribution in [0, 0.1) is 5.41 Å². The zero-order chi connectivity index (χ0) is 32.1. The van der Waals surface area contributed by atoms with Crippen LogP contribution in [0.2, 0.25) is 0 Å². The Morgan fingerprint density at radius 2 is 1.26 bits per heavy atom. The molecule has 0 fully saturated rings. The van der Waals surface area contributed by atoms with Gasteiger partial charge in [-0.1, -0.05) is 33.8 Å². The molecule has 0 heterocycles. The summed E-state index contributed by atoms with van der Waals surface area (Å²) in [5.41, 5.74) is -1.33. The molecule has 4 atom stereocenters. The molecule has 0 rings (SSSR count). The molecule has 252 valence electrons. The predicted octanol–water partition coefficient (Wildman–Crippen LogP) is 3.93. The number of hydrogen-bond acceptors (Lipinski definition) is 10. The molecule has 0 aliphatic heterocycles. The Balaban J connectivity index is 4.51. The zero-order valence-electron chi connectivity index (χ0n) is 28.0. The Kier molecular flexibility index (Phi) is 21.6.